The molecule has 1 aromatic carbocycles. The summed E-state index contributed by atoms with van der Waals surface area (Å²) in [5, 5.41) is 14.0. The zero-order chi connectivity index (χ0) is 17.5. The predicted octanol–water partition coefficient (Wildman–Crippen LogP) is 3.28. The van der Waals surface area contributed by atoms with E-state index in [1.807, 2.05) is 6.07 Å². The highest BCUT2D eigenvalue weighted by molar-refractivity contribution is 7.15. The summed E-state index contributed by atoms with van der Waals surface area (Å²) in [7, 11) is 3.53. The summed E-state index contributed by atoms with van der Waals surface area (Å²) < 4.78 is 0. The van der Waals surface area contributed by atoms with E-state index >= 15 is 0 Å². The quantitative estimate of drug-likeness (QED) is 0.452. The molecule has 0 aliphatic rings. The highest BCUT2D eigenvalue weighted by atomic mass is 32.1. The van der Waals surface area contributed by atoms with Crippen molar-refractivity contribution in [2.45, 2.75) is 19.4 Å². The van der Waals surface area contributed by atoms with Gasteiger partial charge in [0, 0.05) is 48.9 Å². The molecular formula is C17H21N3O3S. The summed E-state index contributed by atoms with van der Waals surface area (Å²) in [6, 6.07) is 10.7. The van der Waals surface area contributed by atoms with E-state index in [2.05, 4.69) is 11.4 Å². The third-order valence-corrected chi connectivity index (χ3v) is 4.70. The monoisotopic (exact) mass is 347 g/mol. The molecule has 1 aromatic heterocycles. The molecule has 2 aromatic rings. The van der Waals surface area contributed by atoms with Crippen molar-refractivity contribution in [3.05, 3.63) is 51.4 Å². The number of carbonyl (C=O) groups excluding carboxylic acids is 1. The van der Waals surface area contributed by atoms with Crippen molar-refractivity contribution in [3.8, 4) is 10.4 Å². The normalized spacial score (nSPS) is 10.6. The molecule has 7 heteroatoms. The van der Waals surface area contributed by atoms with Crippen LogP contribution in [0, 0.1) is 10.1 Å². The molecule has 0 radical (unpaired) electrons. The summed E-state index contributed by atoms with van der Waals surface area (Å²) in [6.07, 6.45) is 1.37. The lowest BCUT2D eigenvalue weighted by atomic mass is 10.2. The number of rotatable bonds is 8. The van der Waals surface area contributed by atoms with Gasteiger partial charge in [-0.2, -0.15) is 0 Å². The van der Waals surface area contributed by atoms with Crippen LogP contribution in [-0.2, 0) is 11.3 Å². The van der Waals surface area contributed by atoms with Crippen molar-refractivity contribution in [2.75, 3.05) is 20.6 Å². The summed E-state index contributed by atoms with van der Waals surface area (Å²) in [4.78, 5) is 25.6. The predicted molar refractivity (Wildman–Crippen MR) is 96.0 cm³/mol. The third-order valence-electron chi connectivity index (χ3n) is 3.57. The fourth-order valence-corrected chi connectivity index (χ4v) is 3.16. The Bertz CT molecular complexity index is 695. The smallest absolute Gasteiger partial charge is 0.269 e. The Hall–Kier alpha value is -2.25. The van der Waals surface area contributed by atoms with Gasteiger partial charge in [-0.05, 0) is 42.8 Å². The van der Waals surface area contributed by atoms with E-state index in [-0.39, 0.29) is 11.6 Å². The number of amides is 1. The maximum atomic E-state index is 11.5. The second-order valence-electron chi connectivity index (χ2n) is 5.64. The van der Waals surface area contributed by atoms with Crippen molar-refractivity contribution in [2.24, 2.45) is 0 Å². The molecular weight excluding hydrogens is 326 g/mol. The zero-order valence-electron chi connectivity index (χ0n) is 13.8. The van der Waals surface area contributed by atoms with Gasteiger partial charge in [-0.3, -0.25) is 14.9 Å². The van der Waals surface area contributed by atoms with Crippen molar-refractivity contribution in [3.63, 3.8) is 0 Å². The summed E-state index contributed by atoms with van der Waals surface area (Å²) in [5.74, 6) is 0.147. The Balaban J connectivity index is 1.80. The molecule has 0 saturated heterocycles. The summed E-state index contributed by atoms with van der Waals surface area (Å²) in [6.45, 7) is 1.55. The first-order valence-electron chi connectivity index (χ1n) is 7.72. The summed E-state index contributed by atoms with van der Waals surface area (Å²) >= 11 is 1.66. The first-order chi connectivity index (χ1) is 11.5. The molecule has 0 spiro atoms. The van der Waals surface area contributed by atoms with E-state index in [4.69, 9.17) is 0 Å². The molecule has 1 N–H and O–H groups in total. The minimum absolute atomic E-state index is 0.101. The van der Waals surface area contributed by atoms with Crippen molar-refractivity contribution >= 4 is 22.9 Å². The molecule has 6 nitrogen and oxygen atoms in total. The highest BCUT2D eigenvalue weighted by Crippen LogP contribution is 2.29. The Kier molecular flexibility index (Phi) is 6.45. The Labute approximate surface area is 145 Å². The molecule has 0 unspecified atom stereocenters. The van der Waals surface area contributed by atoms with E-state index in [1.54, 1.807) is 42.5 Å². The van der Waals surface area contributed by atoms with Gasteiger partial charge in [0.15, 0.2) is 0 Å². The lowest BCUT2D eigenvalue weighted by Gasteiger charge is -2.09. The number of nitrogens with zero attached hydrogens (tertiary/aromatic N) is 2. The average Bonchev–Trinajstić information content (AvgIpc) is 3.03. The maximum Gasteiger partial charge on any atom is 0.269 e. The van der Waals surface area contributed by atoms with Crippen molar-refractivity contribution < 1.29 is 9.72 Å². The molecule has 24 heavy (non-hydrogen) atoms. The van der Waals surface area contributed by atoms with Crippen LogP contribution >= 0.6 is 11.3 Å². The van der Waals surface area contributed by atoms with Gasteiger partial charge >= 0.3 is 0 Å². The van der Waals surface area contributed by atoms with Crippen LogP contribution in [0.15, 0.2) is 36.4 Å². The number of thiophene rings is 1. The second kappa shape index (κ2) is 8.56. The van der Waals surface area contributed by atoms with Gasteiger partial charge in [0.25, 0.3) is 5.69 Å². The van der Waals surface area contributed by atoms with Crippen LogP contribution in [0.3, 0.4) is 0 Å². The van der Waals surface area contributed by atoms with Crippen LogP contribution < -0.4 is 5.32 Å². The SMILES string of the molecule is CN(C)C(=O)CCCNCc1ccc(-c2ccc([N+](=O)[O-])cc2)s1. The van der Waals surface area contributed by atoms with E-state index in [9.17, 15) is 14.9 Å². The van der Waals surface area contributed by atoms with E-state index in [0.29, 0.717) is 6.42 Å². The molecule has 1 heterocycles. The Morgan fingerprint density at radius 1 is 1.21 bits per heavy atom. The fraction of sp³-hybridized carbons (Fsp3) is 0.353. The van der Waals surface area contributed by atoms with Crippen LogP contribution in [0.4, 0.5) is 5.69 Å². The molecule has 0 atom stereocenters. The van der Waals surface area contributed by atoms with Gasteiger partial charge in [0.05, 0.1) is 4.92 Å². The molecule has 0 fully saturated rings. The van der Waals surface area contributed by atoms with Gasteiger partial charge in [-0.15, -0.1) is 11.3 Å². The molecule has 0 saturated carbocycles. The van der Waals surface area contributed by atoms with Crippen LogP contribution in [0.5, 0.6) is 0 Å². The van der Waals surface area contributed by atoms with Crippen LogP contribution in [-0.4, -0.2) is 36.4 Å². The van der Waals surface area contributed by atoms with Gasteiger partial charge < -0.3 is 10.2 Å². The molecule has 0 aliphatic carbocycles. The maximum absolute atomic E-state index is 11.5. The summed E-state index contributed by atoms with van der Waals surface area (Å²) in [5.41, 5.74) is 1.08. The number of carbonyl (C=O) groups is 1. The van der Waals surface area contributed by atoms with Gasteiger partial charge in [0.2, 0.25) is 5.91 Å². The standard InChI is InChI=1S/C17H21N3O3S/c1-19(2)17(21)4-3-11-18-12-15-9-10-16(24-15)13-5-7-14(8-6-13)20(22)23/h5-10,18H,3-4,11-12H2,1-2H3. The van der Waals surface area contributed by atoms with Gasteiger partial charge in [-0.1, -0.05) is 0 Å². The molecule has 0 bridgehead atoms. The first-order valence-corrected chi connectivity index (χ1v) is 8.53. The third kappa shape index (κ3) is 5.14. The zero-order valence-corrected chi connectivity index (χ0v) is 14.6. The number of non-ortho nitro benzene ring substituents is 1. The Morgan fingerprint density at radius 2 is 1.92 bits per heavy atom. The van der Waals surface area contributed by atoms with Crippen LogP contribution in [0.25, 0.3) is 10.4 Å². The minimum Gasteiger partial charge on any atom is -0.349 e. The minimum atomic E-state index is -0.394. The van der Waals surface area contributed by atoms with Crippen molar-refractivity contribution in [1.82, 2.24) is 10.2 Å². The lowest BCUT2D eigenvalue weighted by Crippen LogP contribution is -2.23. The number of hydrogen-bond donors (Lipinski definition) is 1. The number of hydrogen-bond acceptors (Lipinski definition) is 5. The number of nitro benzene ring substituents is 1. The largest absolute Gasteiger partial charge is 0.349 e. The van der Waals surface area contributed by atoms with Crippen LogP contribution in [0.2, 0.25) is 0 Å². The lowest BCUT2D eigenvalue weighted by molar-refractivity contribution is -0.384. The van der Waals surface area contributed by atoms with Crippen LogP contribution in [0.1, 0.15) is 17.7 Å². The van der Waals surface area contributed by atoms with E-state index in [0.717, 1.165) is 30.0 Å². The molecule has 128 valence electrons. The molecule has 1 amide bonds. The molecule has 2 rings (SSSR count). The van der Waals surface area contributed by atoms with Gasteiger partial charge in [-0.25, -0.2) is 0 Å². The average molecular weight is 347 g/mol. The first kappa shape index (κ1) is 18.1. The van der Waals surface area contributed by atoms with Crippen molar-refractivity contribution in [1.29, 1.82) is 0 Å². The number of benzene rings is 1. The molecule has 0 aliphatic heterocycles. The van der Waals surface area contributed by atoms with E-state index < -0.39 is 4.92 Å². The fourth-order valence-electron chi connectivity index (χ4n) is 2.18. The second-order valence-corrected chi connectivity index (χ2v) is 6.81. The number of nitro groups is 1. The van der Waals surface area contributed by atoms with Gasteiger partial charge in [0.1, 0.15) is 0 Å². The van der Waals surface area contributed by atoms with E-state index in [1.165, 1.54) is 17.0 Å². The topological polar surface area (TPSA) is 75.5 Å². The Morgan fingerprint density at radius 3 is 2.54 bits per heavy atom. The highest BCUT2D eigenvalue weighted by Gasteiger charge is 2.07. The number of nitrogens with one attached hydrogen (secondary N) is 1.